The van der Waals surface area contributed by atoms with Gasteiger partial charge < -0.3 is 0 Å². The Kier molecular flexibility index (Phi) is 6.04. The van der Waals surface area contributed by atoms with Crippen LogP contribution in [0.4, 0.5) is 0 Å². The molecule has 3 aromatic rings. The fraction of sp³-hybridized carbons (Fsp3) is 0.391. The van der Waals surface area contributed by atoms with Crippen LogP contribution in [0, 0.1) is 5.92 Å². The molecule has 1 aliphatic rings. The molecular formula is C23H25BrN2S. The molecule has 0 N–H and O–H groups in total. The number of rotatable bonds is 5. The highest BCUT2D eigenvalue weighted by Gasteiger charge is 2.22. The van der Waals surface area contributed by atoms with Crippen molar-refractivity contribution in [3.63, 3.8) is 0 Å². The SMILES string of the molecule is CCCC1CCC(c2ccc(-c3nnc(-c4ccccc4Br)s3)cc2)CC1. The predicted octanol–water partition coefficient (Wildman–Crippen LogP) is 7.71. The summed E-state index contributed by atoms with van der Waals surface area (Å²) in [5.74, 6) is 1.69. The van der Waals surface area contributed by atoms with E-state index in [1.165, 1.54) is 44.1 Å². The number of benzene rings is 2. The first kappa shape index (κ1) is 18.8. The van der Waals surface area contributed by atoms with Crippen LogP contribution in [-0.2, 0) is 0 Å². The first-order chi connectivity index (χ1) is 13.2. The van der Waals surface area contributed by atoms with Crippen LogP contribution in [0.3, 0.4) is 0 Å². The third kappa shape index (κ3) is 4.33. The van der Waals surface area contributed by atoms with Gasteiger partial charge in [0.05, 0.1) is 0 Å². The van der Waals surface area contributed by atoms with Crippen molar-refractivity contribution < 1.29 is 0 Å². The fourth-order valence-corrected chi connectivity index (χ4v) is 5.67. The second kappa shape index (κ2) is 8.66. The zero-order valence-electron chi connectivity index (χ0n) is 15.7. The van der Waals surface area contributed by atoms with Crippen LogP contribution in [0.1, 0.15) is 56.9 Å². The van der Waals surface area contributed by atoms with Gasteiger partial charge in [0.25, 0.3) is 0 Å². The summed E-state index contributed by atoms with van der Waals surface area (Å²) >= 11 is 5.25. The van der Waals surface area contributed by atoms with Crippen molar-refractivity contribution in [3.05, 3.63) is 58.6 Å². The Morgan fingerprint density at radius 1 is 0.926 bits per heavy atom. The average Bonchev–Trinajstić information content (AvgIpc) is 3.19. The highest BCUT2D eigenvalue weighted by Crippen LogP contribution is 2.39. The summed E-state index contributed by atoms with van der Waals surface area (Å²) in [5.41, 5.74) is 3.75. The first-order valence-corrected chi connectivity index (χ1v) is 11.5. The van der Waals surface area contributed by atoms with E-state index < -0.39 is 0 Å². The van der Waals surface area contributed by atoms with Gasteiger partial charge in [-0.05, 0) is 49.1 Å². The van der Waals surface area contributed by atoms with Gasteiger partial charge in [-0.25, -0.2) is 0 Å². The molecule has 0 unspecified atom stereocenters. The molecular weight excluding hydrogens is 416 g/mol. The molecule has 0 aliphatic heterocycles. The highest BCUT2D eigenvalue weighted by atomic mass is 79.9. The van der Waals surface area contributed by atoms with Gasteiger partial charge in [0, 0.05) is 15.6 Å². The lowest BCUT2D eigenvalue weighted by atomic mass is 9.77. The Morgan fingerprint density at radius 2 is 1.63 bits per heavy atom. The summed E-state index contributed by atoms with van der Waals surface area (Å²) in [4.78, 5) is 0. The van der Waals surface area contributed by atoms with E-state index in [1.54, 1.807) is 11.3 Å². The molecule has 2 aromatic carbocycles. The molecule has 0 atom stereocenters. The number of halogens is 1. The maximum Gasteiger partial charge on any atom is 0.149 e. The lowest BCUT2D eigenvalue weighted by molar-refractivity contribution is 0.308. The molecule has 2 nitrogen and oxygen atoms in total. The lowest BCUT2D eigenvalue weighted by Gasteiger charge is -2.28. The topological polar surface area (TPSA) is 25.8 Å². The Balaban J connectivity index is 1.46. The third-order valence-electron chi connectivity index (χ3n) is 5.70. The van der Waals surface area contributed by atoms with E-state index in [1.807, 2.05) is 18.2 Å². The van der Waals surface area contributed by atoms with Gasteiger partial charge in [-0.3, -0.25) is 0 Å². The molecule has 0 saturated heterocycles. The second-order valence-corrected chi connectivity index (χ2v) is 9.35. The van der Waals surface area contributed by atoms with Crippen molar-refractivity contribution in [2.75, 3.05) is 0 Å². The zero-order valence-corrected chi connectivity index (χ0v) is 18.1. The van der Waals surface area contributed by atoms with E-state index in [4.69, 9.17) is 0 Å². The average molecular weight is 441 g/mol. The van der Waals surface area contributed by atoms with Crippen LogP contribution in [-0.4, -0.2) is 10.2 Å². The monoisotopic (exact) mass is 440 g/mol. The number of nitrogens with zero attached hydrogens (tertiary/aromatic N) is 2. The third-order valence-corrected chi connectivity index (χ3v) is 7.40. The standard InChI is InChI=1S/C23H25BrN2S/c1-2-5-16-8-10-17(11-9-16)18-12-14-19(15-13-18)22-25-26-23(27-22)20-6-3-4-7-21(20)24/h3-4,6-7,12-17H,2,5,8-11H2,1H3. The normalized spacial score (nSPS) is 19.9. The summed E-state index contributed by atoms with van der Waals surface area (Å²) in [7, 11) is 0. The molecule has 4 rings (SSSR count). The minimum absolute atomic E-state index is 0.734. The van der Waals surface area contributed by atoms with Crippen molar-refractivity contribution in [1.82, 2.24) is 10.2 Å². The number of hydrogen-bond acceptors (Lipinski definition) is 3. The van der Waals surface area contributed by atoms with Crippen molar-refractivity contribution in [1.29, 1.82) is 0 Å². The van der Waals surface area contributed by atoms with E-state index in [0.29, 0.717) is 0 Å². The quantitative estimate of drug-likeness (QED) is 0.405. The van der Waals surface area contributed by atoms with E-state index in [-0.39, 0.29) is 0 Å². The van der Waals surface area contributed by atoms with Crippen molar-refractivity contribution >= 4 is 27.3 Å². The van der Waals surface area contributed by atoms with Crippen LogP contribution in [0.15, 0.2) is 53.0 Å². The van der Waals surface area contributed by atoms with Crippen molar-refractivity contribution in [2.45, 2.75) is 51.4 Å². The van der Waals surface area contributed by atoms with Gasteiger partial charge in [0.1, 0.15) is 10.0 Å². The Hall–Kier alpha value is -1.52. The molecule has 4 heteroatoms. The molecule has 140 valence electrons. The zero-order chi connectivity index (χ0) is 18.6. The minimum atomic E-state index is 0.734. The van der Waals surface area contributed by atoms with Crippen LogP contribution in [0.5, 0.6) is 0 Å². The first-order valence-electron chi connectivity index (χ1n) is 9.93. The number of aromatic nitrogens is 2. The molecule has 0 radical (unpaired) electrons. The molecule has 0 spiro atoms. The number of hydrogen-bond donors (Lipinski definition) is 0. The van der Waals surface area contributed by atoms with Gasteiger partial charge in [0.15, 0.2) is 0 Å². The van der Waals surface area contributed by atoms with Gasteiger partial charge in [-0.1, -0.05) is 89.5 Å². The summed E-state index contributed by atoms with van der Waals surface area (Å²) in [6, 6.07) is 17.2. The van der Waals surface area contributed by atoms with E-state index in [0.717, 1.165) is 37.5 Å². The Labute approximate surface area is 174 Å². The van der Waals surface area contributed by atoms with Crippen molar-refractivity contribution in [2.24, 2.45) is 5.92 Å². The smallest absolute Gasteiger partial charge is 0.138 e. The highest BCUT2D eigenvalue weighted by molar-refractivity contribution is 9.10. The summed E-state index contributed by atoms with van der Waals surface area (Å²) < 4.78 is 1.06. The van der Waals surface area contributed by atoms with Crippen LogP contribution < -0.4 is 0 Å². The molecule has 27 heavy (non-hydrogen) atoms. The molecule has 1 heterocycles. The Bertz CT molecular complexity index is 879. The minimum Gasteiger partial charge on any atom is -0.138 e. The van der Waals surface area contributed by atoms with Gasteiger partial charge in [-0.15, -0.1) is 10.2 Å². The predicted molar refractivity (Wildman–Crippen MR) is 118 cm³/mol. The Morgan fingerprint density at radius 3 is 2.33 bits per heavy atom. The maximum atomic E-state index is 4.42. The van der Waals surface area contributed by atoms with Crippen molar-refractivity contribution in [3.8, 4) is 21.1 Å². The molecule has 1 aliphatic carbocycles. The molecule has 0 amide bonds. The second-order valence-electron chi connectivity index (χ2n) is 7.52. The molecule has 0 bridgehead atoms. The summed E-state index contributed by atoms with van der Waals surface area (Å²) in [6.07, 6.45) is 8.21. The molecule has 1 fully saturated rings. The van der Waals surface area contributed by atoms with Gasteiger partial charge >= 0.3 is 0 Å². The van der Waals surface area contributed by atoms with E-state index in [9.17, 15) is 0 Å². The van der Waals surface area contributed by atoms with Gasteiger partial charge in [-0.2, -0.15) is 0 Å². The van der Waals surface area contributed by atoms with Gasteiger partial charge in [0.2, 0.25) is 0 Å². The molecule has 1 aromatic heterocycles. The van der Waals surface area contributed by atoms with E-state index in [2.05, 4.69) is 63.4 Å². The van der Waals surface area contributed by atoms with Crippen LogP contribution in [0.2, 0.25) is 0 Å². The lowest BCUT2D eigenvalue weighted by Crippen LogP contribution is -2.13. The van der Waals surface area contributed by atoms with Crippen LogP contribution in [0.25, 0.3) is 21.1 Å². The summed E-state index contributed by atoms with van der Waals surface area (Å²) in [6.45, 7) is 2.31. The largest absolute Gasteiger partial charge is 0.149 e. The van der Waals surface area contributed by atoms with Crippen LogP contribution >= 0.6 is 27.3 Å². The van der Waals surface area contributed by atoms with E-state index >= 15 is 0 Å². The molecule has 1 saturated carbocycles. The fourth-order valence-electron chi connectivity index (χ4n) is 4.17. The maximum absolute atomic E-state index is 4.42. The summed E-state index contributed by atoms with van der Waals surface area (Å²) in [5, 5.41) is 10.8.